The van der Waals surface area contributed by atoms with Gasteiger partial charge in [-0.15, -0.1) is 11.3 Å². The molecule has 2 aromatic rings. The summed E-state index contributed by atoms with van der Waals surface area (Å²) in [5.74, 6) is 1.82. The maximum Gasteiger partial charge on any atom is 0.264 e. The zero-order chi connectivity index (χ0) is 17.5. The van der Waals surface area contributed by atoms with Crippen molar-refractivity contribution in [3.8, 4) is 11.5 Å². The molecular formula is C21H23NO3S. The van der Waals surface area contributed by atoms with Crippen LogP contribution in [0.1, 0.15) is 57.4 Å². The number of nitrogens with zero attached hydrogens (tertiary/aromatic N) is 1. The third-order valence-electron chi connectivity index (χ3n) is 5.63. The molecule has 5 rings (SSSR count). The number of thiophene rings is 1. The Labute approximate surface area is 157 Å². The van der Waals surface area contributed by atoms with Crippen molar-refractivity contribution in [1.29, 1.82) is 0 Å². The Hall–Kier alpha value is -2.01. The maximum absolute atomic E-state index is 13.2. The fourth-order valence-electron chi connectivity index (χ4n) is 4.32. The monoisotopic (exact) mass is 369 g/mol. The number of hydrogen-bond donors (Lipinski definition) is 0. The van der Waals surface area contributed by atoms with Gasteiger partial charge in [-0.3, -0.25) is 4.79 Å². The second-order valence-electron chi connectivity index (χ2n) is 7.33. The van der Waals surface area contributed by atoms with Crippen LogP contribution in [0.15, 0.2) is 24.3 Å². The van der Waals surface area contributed by atoms with Gasteiger partial charge in [-0.1, -0.05) is 6.07 Å². The van der Waals surface area contributed by atoms with Crippen molar-refractivity contribution in [3.05, 3.63) is 45.1 Å². The molecule has 4 nitrogen and oxygen atoms in total. The molecule has 1 saturated heterocycles. The number of carbonyl (C=O) groups excluding carboxylic acids is 1. The van der Waals surface area contributed by atoms with Gasteiger partial charge in [0.25, 0.3) is 5.91 Å². The normalized spacial score (nSPS) is 21.5. The molecule has 2 aliphatic heterocycles. The molecular weight excluding hydrogens is 346 g/mol. The van der Waals surface area contributed by atoms with E-state index in [1.165, 1.54) is 16.9 Å². The molecule has 0 N–H and O–H groups in total. The number of hydrogen-bond acceptors (Lipinski definition) is 4. The number of rotatable bonds is 2. The van der Waals surface area contributed by atoms with Gasteiger partial charge in [0, 0.05) is 17.8 Å². The highest BCUT2D eigenvalue weighted by Gasteiger charge is 2.32. The number of aryl methyl sites for hydroxylation is 2. The molecule has 0 unspecified atom stereocenters. The predicted octanol–water partition coefficient (Wildman–Crippen LogP) is 4.38. The largest absolute Gasteiger partial charge is 0.490 e. The molecule has 1 aromatic heterocycles. The molecule has 1 atom stereocenters. The van der Waals surface area contributed by atoms with Crippen LogP contribution in [0.5, 0.6) is 11.5 Å². The van der Waals surface area contributed by atoms with E-state index in [4.69, 9.17) is 9.47 Å². The average Bonchev–Trinajstić information content (AvgIpc) is 3.33. The van der Waals surface area contributed by atoms with E-state index in [0.717, 1.165) is 60.6 Å². The van der Waals surface area contributed by atoms with Gasteiger partial charge in [0.1, 0.15) is 0 Å². The molecule has 0 spiro atoms. The molecule has 1 aromatic carbocycles. The average molecular weight is 369 g/mol. The van der Waals surface area contributed by atoms with Crippen LogP contribution in [0.25, 0.3) is 0 Å². The number of carbonyl (C=O) groups is 1. The van der Waals surface area contributed by atoms with Crippen LogP contribution in [0, 0.1) is 0 Å². The Morgan fingerprint density at radius 3 is 2.81 bits per heavy atom. The highest BCUT2D eigenvalue weighted by Crippen LogP contribution is 2.39. The minimum absolute atomic E-state index is 0.136. The molecule has 26 heavy (non-hydrogen) atoms. The minimum atomic E-state index is 0.136. The highest BCUT2D eigenvalue weighted by molar-refractivity contribution is 7.14. The van der Waals surface area contributed by atoms with E-state index < -0.39 is 0 Å². The Balaban J connectivity index is 1.41. The Kier molecular flexibility index (Phi) is 4.12. The second-order valence-corrected chi connectivity index (χ2v) is 8.46. The van der Waals surface area contributed by atoms with Gasteiger partial charge in [-0.25, -0.2) is 0 Å². The van der Waals surface area contributed by atoms with Crippen LogP contribution in [-0.4, -0.2) is 30.6 Å². The quantitative estimate of drug-likeness (QED) is 0.789. The van der Waals surface area contributed by atoms with Crippen LogP contribution in [-0.2, 0) is 12.8 Å². The third-order valence-corrected chi connectivity index (χ3v) is 6.85. The number of fused-ring (bicyclic) bond motifs is 2. The highest BCUT2D eigenvalue weighted by atomic mass is 32.1. The standard InChI is InChI=1S/C21H23NO3S/c23-21(20-13-15-4-1-6-19(15)26-20)22-9-2-5-16(22)14-7-8-17-18(12-14)25-11-3-10-24-17/h7-8,12-13,16H,1-6,9-11H2/t16-/m1/s1. The van der Waals surface area contributed by atoms with E-state index in [0.29, 0.717) is 13.2 Å². The van der Waals surface area contributed by atoms with Gasteiger partial charge < -0.3 is 14.4 Å². The van der Waals surface area contributed by atoms with Crippen LogP contribution < -0.4 is 9.47 Å². The fraction of sp³-hybridized carbons (Fsp3) is 0.476. The second kappa shape index (κ2) is 6.62. The van der Waals surface area contributed by atoms with Gasteiger partial charge >= 0.3 is 0 Å². The lowest BCUT2D eigenvalue weighted by Gasteiger charge is -2.25. The fourth-order valence-corrected chi connectivity index (χ4v) is 5.53. The Morgan fingerprint density at radius 2 is 1.92 bits per heavy atom. The summed E-state index contributed by atoms with van der Waals surface area (Å²) in [6.45, 7) is 2.22. The van der Waals surface area contributed by atoms with Gasteiger partial charge in [-0.05, 0) is 61.4 Å². The van der Waals surface area contributed by atoms with Gasteiger partial charge in [0.15, 0.2) is 11.5 Å². The van der Waals surface area contributed by atoms with Crippen molar-refractivity contribution in [2.24, 2.45) is 0 Å². The smallest absolute Gasteiger partial charge is 0.264 e. The first-order valence-electron chi connectivity index (χ1n) is 9.62. The molecule has 5 heteroatoms. The van der Waals surface area contributed by atoms with Gasteiger partial charge in [0.05, 0.1) is 24.1 Å². The minimum Gasteiger partial charge on any atom is -0.490 e. The lowest BCUT2D eigenvalue weighted by atomic mass is 10.0. The number of amides is 1. The number of benzene rings is 1. The van der Waals surface area contributed by atoms with E-state index in [1.54, 1.807) is 11.3 Å². The summed E-state index contributed by atoms with van der Waals surface area (Å²) >= 11 is 1.70. The van der Waals surface area contributed by atoms with Crippen LogP contribution in [0.3, 0.4) is 0 Å². The molecule has 1 amide bonds. The zero-order valence-electron chi connectivity index (χ0n) is 14.8. The first-order chi connectivity index (χ1) is 12.8. The summed E-state index contributed by atoms with van der Waals surface area (Å²) in [4.78, 5) is 17.5. The summed E-state index contributed by atoms with van der Waals surface area (Å²) in [6, 6.07) is 8.44. The summed E-state index contributed by atoms with van der Waals surface area (Å²) in [6.07, 6.45) is 6.47. The Bertz CT molecular complexity index is 822. The van der Waals surface area contributed by atoms with E-state index >= 15 is 0 Å². The number of likely N-dealkylation sites (tertiary alicyclic amines) is 1. The van der Waals surface area contributed by atoms with Crippen molar-refractivity contribution in [1.82, 2.24) is 4.90 Å². The van der Waals surface area contributed by atoms with Crippen molar-refractivity contribution >= 4 is 17.2 Å². The van der Waals surface area contributed by atoms with Crippen molar-refractivity contribution in [2.75, 3.05) is 19.8 Å². The van der Waals surface area contributed by atoms with Gasteiger partial charge in [-0.2, -0.15) is 0 Å². The van der Waals surface area contributed by atoms with Crippen LogP contribution >= 0.6 is 11.3 Å². The van der Waals surface area contributed by atoms with Gasteiger partial charge in [0.2, 0.25) is 0 Å². The Morgan fingerprint density at radius 1 is 1.04 bits per heavy atom. The molecule has 0 bridgehead atoms. The van der Waals surface area contributed by atoms with E-state index in [-0.39, 0.29) is 11.9 Å². The first kappa shape index (κ1) is 16.2. The van der Waals surface area contributed by atoms with Crippen molar-refractivity contribution in [2.45, 2.75) is 44.6 Å². The third kappa shape index (κ3) is 2.78. The van der Waals surface area contributed by atoms with Crippen LogP contribution in [0.2, 0.25) is 0 Å². The molecule has 0 radical (unpaired) electrons. The molecule has 136 valence electrons. The lowest BCUT2D eigenvalue weighted by Crippen LogP contribution is -2.30. The summed E-state index contributed by atoms with van der Waals surface area (Å²) in [5, 5.41) is 0. The molecule has 3 aliphatic rings. The van der Waals surface area contributed by atoms with E-state index in [9.17, 15) is 4.79 Å². The summed E-state index contributed by atoms with van der Waals surface area (Å²) in [7, 11) is 0. The summed E-state index contributed by atoms with van der Waals surface area (Å²) in [5.41, 5.74) is 2.55. The molecule has 1 aliphatic carbocycles. The molecule has 0 saturated carbocycles. The topological polar surface area (TPSA) is 38.8 Å². The zero-order valence-corrected chi connectivity index (χ0v) is 15.6. The SMILES string of the molecule is O=C(c1cc2c(s1)CCC2)N1CCC[C@@H]1c1ccc2c(c1)OCCCO2. The van der Waals surface area contributed by atoms with Crippen molar-refractivity contribution in [3.63, 3.8) is 0 Å². The summed E-state index contributed by atoms with van der Waals surface area (Å²) < 4.78 is 11.6. The molecule has 3 heterocycles. The van der Waals surface area contributed by atoms with E-state index in [2.05, 4.69) is 23.1 Å². The van der Waals surface area contributed by atoms with Crippen LogP contribution in [0.4, 0.5) is 0 Å². The van der Waals surface area contributed by atoms with Crippen molar-refractivity contribution < 1.29 is 14.3 Å². The lowest BCUT2D eigenvalue weighted by molar-refractivity contribution is 0.0740. The number of ether oxygens (including phenoxy) is 2. The predicted molar refractivity (Wildman–Crippen MR) is 101 cm³/mol. The molecule has 1 fully saturated rings. The maximum atomic E-state index is 13.2. The van der Waals surface area contributed by atoms with E-state index in [1.807, 2.05) is 6.07 Å². The first-order valence-corrected chi connectivity index (χ1v) is 10.4.